The van der Waals surface area contributed by atoms with E-state index in [-0.39, 0.29) is 30.3 Å². The van der Waals surface area contributed by atoms with Crippen molar-refractivity contribution in [3.8, 4) is 5.75 Å². The van der Waals surface area contributed by atoms with Crippen LogP contribution in [0.2, 0.25) is 0 Å². The Hall–Kier alpha value is -2.08. The van der Waals surface area contributed by atoms with Gasteiger partial charge in [-0.05, 0) is 36.5 Å². The zero-order valence-electron chi connectivity index (χ0n) is 14.6. The molecule has 132 valence electrons. The van der Waals surface area contributed by atoms with Crippen LogP contribution in [0.1, 0.15) is 32.3 Å². The van der Waals surface area contributed by atoms with Gasteiger partial charge in [0.15, 0.2) is 0 Å². The molecule has 6 nitrogen and oxygen atoms in total. The van der Waals surface area contributed by atoms with Crippen LogP contribution in [0.25, 0.3) is 0 Å². The summed E-state index contributed by atoms with van der Waals surface area (Å²) in [4.78, 5) is 26.2. The van der Waals surface area contributed by atoms with Crippen molar-refractivity contribution >= 4 is 11.8 Å². The Bertz CT molecular complexity index is 567. The van der Waals surface area contributed by atoms with Crippen molar-refractivity contribution in [2.45, 2.75) is 45.3 Å². The molecular weight excluding hydrogens is 306 g/mol. The second-order valence-corrected chi connectivity index (χ2v) is 6.59. The van der Waals surface area contributed by atoms with Crippen LogP contribution in [0.4, 0.5) is 0 Å². The van der Waals surface area contributed by atoms with Crippen LogP contribution in [0.3, 0.4) is 0 Å². The van der Waals surface area contributed by atoms with E-state index >= 15 is 0 Å². The number of benzene rings is 1. The fourth-order valence-corrected chi connectivity index (χ4v) is 2.42. The highest BCUT2D eigenvalue weighted by Crippen LogP contribution is 2.28. The van der Waals surface area contributed by atoms with Gasteiger partial charge in [0.2, 0.25) is 11.8 Å². The van der Waals surface area contributed by atoms with E-state index < -0.39 is 6.04 Å². The van der Waals surface area contributed by atoms with Crippen LogP contribution in [-0.2, 0) is 16.1 Å². The fraction of sp³-hybridized carbons (Fsp3) is 0.556. The summed E-state index contributed by atoms with van der Waals surface area (Å²) in [7, 11) is 1.62. The zero-order valence-corrected chi connectivity index (χ0v) is 14.6. The van der Waals surface area contributed by atoms with Crippen LogP contribution in [-0.4, -0.2) is 42.5 Å². The average molecular weight is 333 g/mol. The van der Waals surface area contributed by atoms with Crippen LogP contribution in [0.15, 0.2) is 24.3 Å². The Kier molecular flexibility index (Phi) is 6.20. The first-order valence-corrected chi connectivity index (χ1v) is 8.38. The lowest BCUT2D eigenvalue weighted by atomic mass is 10.1. The zero-order chi connectivity index (χ0) is 17.7. The Labute approximate surface area is 143 Å². The van der Waals surface area contributed by atoms with Gasteiger partial charge in [-0.25, -0.2) is 0 Å². The van der Waals surface area contributed by atoms with Gasteiger partial charge in [-0.3, -0.25) is 9.59 Å². The summed E-state index contributed by atoms with van der Waals surface area (Å²) >= 11 is 0. The van der Waals surface area contributed by atoms with Gasteiger partial charge in [0.25, 0.3) is 0 Å². The van der Waals surface area contributed by atoms with E-state index in [4.69, 9.17) is 10.5 Å². The molecule has 0 unspecified atom stereocenters. The van der Waals surface area contributed by atoms with Gasteiger partial charge in [-0.1, -0.05) is 26.0 Å². The van der Waals surface area contributed by atoms with Gasteiger partial charge in [0.1, 0.15) is 5.75 Å². The summed E-state index contributed by atoms with van der Waals surface area (Å²) < 4.78 is 5.15. The molecule has 1 aliphatic carbocycles. The van der Waals surface area contributed by atoms with Crippen molar-refractivity contribution in [1.29, 1.82) is 0 Å². The van der Waals surface area contributed by atoms with Gasteiger partial charge in [-0.15, -0.1) is 0 Å². The predicted octanol–water partition coefficient (Wildman–Crippen LogP) is 1.29. The molecular formula is C18H27N3O3. The number of methoxy groups -OCH3 is 1. The van der Waals surface area contributed by atoms with Crippen LogP contribution in [0.5, 0.6) is 5.75 Å². The predicted molar refractivity (Wildman–Crippen MR) is 92.4 cm³/mol. The van der Waals surface area contributed by atoms with E-state index in [2.05, 4.69) is 5.32 Å². The lowest BCUT2D eigenvalue weighted by Gasteiger charge is -2.23. The number of nitrogens with zero attached hydrogens (tertiary/aromatic N) is 1. The molecule has 1 aliphatic rings. The average Bonchev–Trinajstić information content (AvgIpc) is 3.41. The molecule has 1 atom stereocenters. The molecule has 1 fully saturated rings. The monoisotopic (exact) mass is 333 g/mol. The fourth-order valence-electron chi connectivity index (χ4n) is 2.42. The topological polar surface area (TPSA) is 84.7 Å². The van der Waals surface area contributed by atoms with Crippen molar-refractivity contribution in [3.05, 3.63) is 29.8 Å². The number of hydrogen-bond acceptors (Lipinski definition) is 4. The molecule has 0 heterocycles. The maximum atomic E-state index is 12.5. The van der Waals surface area contributed by atoms with Gasteiger partial charge in [-0.2, -0.15) is 0 Å². The molecule has 0 aromatic heterocycles. The van der Waals surface area contributed by atoms with Crippen LogP contribution in [0, 0.1) is 5.92 Å². The number of nitrogens with two attached hydrogens (primary N) is 1. The first kappa shape index (κ1) is 18.3. The number of amides is 2. The summed E-state index contributed by atoms with van der Waals surface area (Å²) in [6.07, 6.45) is 2.03. The van der Waals surface area contributed by atoms with Crippen molar-refractivity contribution in [3.63, 3.8) is 0 Å². The summed E-state index contributed by atoms with van der Waals surface area (Å²) in [5.41, 5.74) is 6.84. The standard InChI is InChI=1S/C18H27N3O3/c1-12(2)17(19)18(23)20-10-16(22)21(14-6-7-14)11-13-4-8-15(24-3)9-5-13/h4-5,8-9,12,14,17H,6-7,10-11,19H2,1-3H3,(H,20,23)/t17-/m0/s1. The van der Waals surface area contributed by atoms with Gasteiger partial charge in [0.05, 0.1) is 19.7 Å². The molecule has 0 spiro atoms. The molecule has 1 aromatic rings. The summed E-state index contributed by atoms with van der Waals surface area (Å²) in [6.45, 7) is 4.30. The second-order valence-electron chi connectivity index (χ2n) is 6.59. The summed E-state index contributed by atoms with van der Waals surface area (Å²) in [5.74, 6) is 0.480. The van der Waals surface area contributed by atoms with Crippen molar-refractivity contribution in [2.24, 2.45) is 11.7 Å². The summed E-state index contributed by atoms with van der Waals surface area (Å²) in [5, 5.41) is 2.66. The van der Waals surface area contributed by atoms with E-state index in [1.807, 2.05) is 43.0 Å². The number of hydrogen-bond donors (Lipinski definition) is 2. The largest absolute Gasteiger partial charge is 0.497 e. The normalized spacial score (nSPS) is 15.0. The maximum Gasteiger partial charge on any atom is 0.242 e. The second kappa shape index (κ2) is 8.15. The molecule has 0 saturated heterocycles. The number of carbonyl (C=O) groups is 2. The molecule has 0 bridgehead atoms. The highest BCUT2D eigenvalue weighted by Gasteiger charge is 2.32. The molecule has 24 heavy (non-hydrogen) atoms. The van der Waals surface area contributed by atoms with Crippen LogP contribution < -0.4 is 15.8 Å². The number of ether oxygens (including phenoxy) is 1. The SMILES string of the molecule is COc1ccc(CN(C(=O)CNC(=O)[C@@H](N)C(C)C)C2CC2)cc1. The van der Waals surface area contributed by atoms with E-state index in [1.54, 1.807) is 7.11 Å². The van der Waals surface area contributed by atoms with Gasteiger partial charge >= 0.3 is 0 Å². The van der Waals surface area contributed by atoms with Crippen molar-refractivity contribution in [1.82, 2.24) is 10.2 Å². The minimum Gasteiger partial charge on any atom is -0.497 e. The van der Waals surface area contributed by atoms with Crippen molar-refractivity contribution < 1.29 is 14.3 Å². The van der Waals surface area contributed by atoms with Gasteiger partial charge < -0.3 is 20.7 Å². The number of nitrogens with one attached hydrogen (secondary N) is 1. The first-order valence-electron chi connectivity index (χ1n) is 8.38. The van der Waals surface area contributed by atoms with Crippen LogP contribution >= 0.6 is 0 Å². The third kappa shape index (κ3) is 4.96. The number of carbonyl (C=O) groups excluding carboxylic acids is 2. The lowest BCUT2D eigenvalue weighted by molar-refractivity contribution is -0.134. The van der Waals surface area contributed by atoms with Crippen molar-refractivity contribution in [2.75, 3.05) is 13.7 Å². The first-order chi connectivity index (χ1) is 11.4. The Balaban J connectivity index is 1.92. The molecule has 1 saturated carbocycles. The molecule has 3 N–H and O–H groups in total. The quantitative estimate of drug-likeness (QED) is 0.751. The molecule has 6 heteroatoms. The molecule has 0 aliphatic heterocycles. The molecule has 2 rings (SSSR count). The highest BCUT2D eigenvalue weighted by molar-refractivity contribution is 5.87. The summed E-state index contributed by atoms with van der Waals surface area (Å²) in [6, 6.07) is 7.36. The third-order valence-electron chi connectivity index (χ3n) is 4.25. The third-order valence-corrected chi connectivity index (χ3v) is 4.25. The van der Waals surface area contributed by atoms with E-state index in [0.29, 0.717) is 6.54 Å². The Morgan fingerprint density at radius 1 is 1.29 bits per heavy atom. The highest BCUT2D eigenvalue weighted by atomic mass is 16.5. The smallest absolute Gasteiger partial charge is 0.242 e. The molecule has 1 aromatic carbocycles. The lowest BCUT2D eigenvalue weighted by Crippen LogP contribution is -2.48. The number of rotatable bonds is 8. The molecule has 2 amide bonds. The minimum atomic E-state index is -0.589. The minimum absolute atomic E-state index is 0.00803. The molecule has 0 radical (unpaired) electrons. The maximum absolute atomic E-state index is 12.5. The van der Waals surface area contributed by atoms with E-state index in [9.17, 15) is 9.59 Å². The Morgan fingerprint density at radius 2 is 1.92 bits per heavy atom. The van der Waals surface area contributed by atoms with Gasteiger partial charge in [0, 0.05) is 12.6 Å². The van der Waals surface area contributed by atoms with E-state index in [1.165, 1.54) is 0 Å². The Morgan fingerprint density at radius 3 is 2.42 bits per heavy atom. The van der Waals surface area contributed by atoms with E-state index in [0.717, 1.165) is 24.2 Å².